The maximum absolute atomic E-state index is 5.79. The third-order valence-corrected chi connectivity index (χ3v) is 3.57. The molecule has 1 heterocycles. The molecule has 0 saturated carbocycles. The standard InChI is InChI=1S/C15H22N4O2/c1-5-19-15(13(21-4)9-17-19)14(18-16)11-7-6-10(2)12(8-11)20-3/h6-9,14,18H,5,16H2,1-4H3. The minimum absolute atomic E-state index is 0.225. The topological polar surface area (TPSA) is 74.3 Å². The number of nitrogens with two attached hydrogens (primary N) is 1. The van der Waals surface area contributed by atoms with Crippen molar-refractivity contribution in [2.24, 2.45) is 5.84 Å². The predicted molar refractivity (Wildman–Crippen MR) is 81.4 cm³/mol. The highest BCUT2D eigenvalue weighted by Gasteiger charge is 2.23. The second-order valence-corrected chi connectivity index (χ2v) is 4.74. The van der Waals surface area contributed by atoms with Crippen LogP contribution in [0.25, 0.3) is 0 Å². The minimum Gasteiger partial charge on any atom is -0.496 e. The molecular weight excluding hydrogens is 268 g/mol. The van der Waals surface area contributed by atoms with Crippen LogP contribution in [0.1, 0.15) is 29.8 Å². The summed E-state index contributed by atoms with van der Waals surface area (Å²) in [4.78, 5) is 0. The van der Waals surface area contributed by atoms with E-state index in [1.807, 2.05) is 36.7 Å². The summed E-state index contributed by atoms with van der Waals surface area (Å²) in [5, 5.41) is 4.32. The number of nitrogens with one attached hydrogen (secondary N) is 1. The van der Waals surface area contributed by atoms with Crippen molar-refractivity contribution < 1.29 is 9.47 Å². The first-order chi connectivity index (χ1) is 10.2. The van der Waals surface area contributed by atoms with E-state index in [0.717, 1.165) is 29.1 Å². The number of ether oxygens (including phenoxy) is 2. The van der Waals surface area contributed by atoms with E-state index in [0.29, 0.717) is 5.75 Å². The molecule has 2 aromatic rings. The van der Waals surface area contributed by atoms with E-state index in [4.69, 9.17) is 15.3 Å². The van der Waals surface area contributed by atoms with Gasteiger partial charge in [0.2, 0.25) is 0 Å². The largest absolute Gasteiger partial charge is 0.496 e. The molecule has 3 N–H and O–H groups in total. The molecule has 114 valence electrons. The Kier molecular flexibility index (Phi) is 4.82. The molecule has 21 heavy (non-hydrogen) atoms. The Morgan fingerprint density at radius 3 is 2.57 bits per heavy atom. The van der Waals surface area contributed by atoms with Crippen LogP contribution in [-0.4, -0.2) is 24.0 Å². The van der Waals surface area contributed by atoms with Crippen molar-refractivity contribution in [1.82, 2.24) is 15.2 Å². The van der Waals surface area contributed by atoms with E-state index in [9.17, 15) is 0 Å². The molecule has 6 nitrogen and oxygen atoms in total. The average molecular weight is 290 g/mol. The Morgan fingerprint density at radius 2 is 2.00 bits per heavy atom. The van der Waals surface area contributed by atoms with E-state index in [-0.39, 0.29) is 6.04 Å². The van der Waals surface area contributed by atoms with Gasteiger partial charge in [-0.2, -0.15) is 5.10 Å². The molecule has 0 spiro atoms. The van der Waals surface area contributed by atoms with Gasteiger partial charge in [-0.25, -0.2) is 5.43 Å². The third-order valence-electron chi connectivity index (χ3n) is 3.57. The lowest BCUT2D eigenvalue weighted by Crippen LogP contribution is -2.31. The normalized spacial score (nSPS) is 12.2. The van der Waals surface area contributed by atoms with Gasteiger partial charge in [-0.05, 0) is 31.0 Å². The first-order valence-corrected chi connectivity index (χ1v) is 6.86. The first kappa shape index (κ1) is 15.3. The highest BCUT2D eigenvalue weighted by atomic mass is 16.5. The van der Waals surface area contributed by atoms with Gasteiger partial charge >= 0.3 is 0 Å². The Bertz CT molecular complexity index is 588. The van der Waals surface area contributed by atoms with Crippen molar-refractivity contribution in [3.8, 4) is 11.5 Å². The monoisotopic (exact) mass is 290 g/mol. The number of benzene rings is 1. The number of hydrogen-bond donors (Lipinski definition) is 2. The molecule has 1 atom stereocenters. The summed E-state index contributed by atoms with van der Waals surface area (Å²) in [6.45, 7) is 4.77. The molecule has 0 radical (unpaired) electrons. The lowest BCUT2D eigenvalue weighted by atomic mass is 10.0. The van der Waals surface area contributed by atoms with Crippen molar-refractivity contribution in [2.45, 2.75) is 26.4 Å². The number of nitrogens with zero attached hydrogens (tertiary/aromatic N) is 2. The first-order valence-electron chi connectivity index (χ1n) is 6.86. The van der Waals surface area contributed by atoms with Gasteiger partial charge < -0.3 is 9.47 Å². The summed E-state index contributed by atoms with van der Waals surface area (Å²) in [6.07, 6.45) is 1.70. The SMILES string of the molecule is CCn1ncc(OC)c1C(NN)c1ccc(C)c(OC)c1. The van der Waals surface area contributed by atoms with Crippen LogP contribution in [0.2, 0.25) is 0 Å². The van der Waals surface area contributed by atoms with Crippen LogP contribution in [0.3, 0.4) is 0 Å². The zero-order chi connectivity index (χ0) is 15.4. The summed E-state index contributed by atoms with van der Waals surface area (Å²) >= 11 is 0. The molecule has 0 bridgehead atoms. The highest BCUT2D eigenvalue weighted by molar-refractivity contribution is 5.42. The Morgan fingerprint density at radius 1 is 1.29 bits per heavy atom. The van der Waals surface area contributed by atoms with Gasteiger partial charge in [0.25, 0.3) is 0 Å². The van der Waals surface area contributed by atoms with E-state index >= 15 is 0 Å². The van der Waals surface area contributed by atoms with Crippen LogP contribution in [0.4, 0.5) is 0 Å². The average Bonchev–Trinajstić information content (AvgIpc) is 2.92. The molecule has 2 rings (SSSR count). The molecule has 0 aliphatic carbocycles. The van der Waals surface area contributed by atoms with Gasteiger partial charge in [-0.1, -0.05) is 12.1 Å². The number of rotatable bonds is 6. The number of methoxy groups -OCH3 is 2. The van der Waals surface area contributed by atoms with Crippen molar-refractivity contribution in [3.05, 3.63) is 41.2 Å². The Labute approximate surface area is 124 Å². The zero-order valence-corrected chi connectivity index (χ0v) is 12.9. The quantitative estimate of drug-likeness (QED) is 0.626. The lowest BCUT2D eigenvalue weighted by molar-refractivity contribution is 0.397. The van der Waals surface area contributed by atoms with Crippen molar-refractivity contribution in [2.75, 3.05) is 14.2 Å². The van der Waals surface area contributed by atoms with Crippen molar-refractivity contribution in [1.29, 1.82) is 0 Å². The highest BCUT2D eigenvalue weighted by Crippen LogP contribution is 2.32. The fourth-order valence-electron chi connectivity index (χ4n) is 2.43. The minimum atomic E-state index is -0.225. The van der Waals surface area contributed by atoms with Crippen LogP contribution < -0.4 is 20.7 Å². The van der Waals surface area contributed by atoms with Crippen LogP contribution in [-0.2, 0) is 6.54 Å². The lowest BCUT2D eigenvalue weighted by Gasteiger charge is -2.20. The Hall–Kier alpha value is -2.05. The van der Waals surface area contributed by atoms with E-state index < -0.39 is 0 Å². The molecule has 6 heteroatoms. The summed E-state index contributed by atoms with van der Waals surface area (Å²) < 4.78 is 12.7. The smallest absolute Gasteiger partial charge is 0.161 e. The van der Waals surface area contributed by atoms with E-state index in [1.165, 1.54) is 0 Å². The fourth-order valence-corrected chi connectivity index (χ4v) is 2.43. The van der Waals surface area contributed by atoms with Gasteiger partial charge in [0.05, 0.1) is 26.5 Å². The summed E-state index contributed by atoms with van der Waals surface area (Å²) in [5.41, 5.74) is 5.81. The molecule has 1 aromatic carbocycles. The number of aryl methyl sites for hydroxylation is 2. The number of hydrogen-bond acceptors (Lipinski definition) is 5. The molecular formula is C15H22N4O2. The fraction of sp³-hybridized carbons (Fsp3) is 0.400. The van der Waals surface area contributed by atoms with E-state index in [2.05, 4.69) is 10.5 Å². The summed E-state index contributed by atoms with van der Waals surface area (Å²) in [6, 6.07) is 5.79. The third kappa shape index (κ3) is 2.86. The molecule has 1 unspecified atom stereocenters. The van der Waals surface area contributed by atoms with Gasteiger partial charge in [-0.3, -0.25) is 10.5 Å². The number of aromatic nitrogens is 2. The Balaban J connectivity index is 2.51. The van der Waals surface area contributed by atoms with Gasteiger partial charge in [0.15, 0.2) is 5.75 Å². The number of hydrazine groups is 1. The van der Waals surface area contributed by atoms with Gasteiger partial charge in [-0.15, -0.1) is 0 Å². The van der Waals surface area contributed by atoms with Crippen molar-refractivity contribution in [3.63, 3.8) is 0 Å². The van der Waals surface area contributed by atoms with E-state index in [1.54, 1.807) is 20.4 Å². The van der Waals surface area contributed by atoms with Crippen LogP contribution in [0.15, 0.2) is 24.4 Å². The van der Waals surface area contributed by atoms with Gasteiger partial charge in [0.1, 0.15) is 11.4 Å². The maximum Gasteiger partial charge on any atom is 0.161 e. The summed E-state index contributed by atoms with van der Waals surface area (Å²) in [5.74, 6) is 7.32. The predicted octanol–water partition coefficient (Wildman–Crippen LogP) is 1.78. The molecule has 0 aliphatic heterocycles. The van der Waals surface area contributed by atoms with Crippen molar-refractivity contribution >= 4 is 0 Å². The maximum atomic E-state index is 5.79. The molecule has 0 saturated heterocycles. The molecule has 0 amide bonds. The molecule has 0 aliphatic rings. The second kappa shape index (κ2) is 6.60. The second-order valence-electron chi connectivity index (χ2n) is 4.74. The molecule has 0 fully saturated rings. The van der Waals surface area contributed by atoms with Crippen LogP contribution in [0, 0.1) is 6.92 Å². The zero-order valence-electron chi connectivity index (χ0n) is 12.9. The summed E-state index contributed by atoms with van der Waals surface area (Å²) in [7, 11) is 3.29. The molecule has 1 aromatic heterocycles. The van der Waals surface area contributed by atoms with Crippen LogP contribution in [0.5, 0.6) is 11.5 Å². The van der Waals surface area contributed by atoms with Gasteiger partial charge in [0, 0.05) is 6.54 Å². The van der Waals surface area contributed by atoms with Crippen LogP contribution >= 0.6 is 0 Å².